The summed E-state index contributed by atoms with van der Waals surface area (Å²) in [5.41, 5.74) is 8.37. The van der Waals surface area contributed by atoms with Crippen LogP contribution in [-0.4, -0.2) is 33.0 Å². The average Bonchev–Trinajstić information content (AvgIpc) is 2.94. The van der Waals surface area contributed by atoms with Crippen LogP contribution >= 0.6 is 11.3 Å². The molecule has 2 aromatic heterocycles. The minimum Gasteiger partial charge on any atom is -0.375 e. The molecule has 0 aliphatic rings. The Morgan fingerprint density at radius 3 is 2.68 bits per heavy atom. The number of ketones is 1. The lowest BCUT2D eigenvalue weighted by Crippen LogP contribution is -2.30. The van der Waals surface area contributed by atoms with Crippen LogP contribution in [0, 0.1) is 13.8 Å². The zero-order valence-electron chi connectivity index (χ0n) is 12.8. The van der Waals surface area contributed by atoms with E-state index in [1.807, 2.05) is 5.38 Å². The first kappa shape index (κ1) is 16.2. The molecule has 8 heteroatoms. The Kier molecular flexibility index (Phi) is 4.92. The molecule has 0 atom stereocenters. The number of thiazole rings is 1. The highest BCUT2D eigenvalue weighted by Crippen LogP contribution is 2.13. The molecule has 118 valence electrons. The summed E-state index contributed by atoms with van der Waals surface area (Å²) in [5, 5.41) is 9.47. The smallest absolute Gasteiger partial charge is 0.241 e. The first-order valence-electron chi connectivity index (χ1n) is 6.90. The van der Waals surface area contributed by atoms with Gasteiger partial charge in [0.15, 0.2) is 10.9 Å². The topological polar surface area (TPSA) is 103 Å². The number of nitrogens with two attached hydrogens (primary N) is 1. The molecule has 0 saturated heterocycles. The van der Waals surface area contributed by atoms with Crippen molar-refractivity contribution in [2.75, 3.05) is 12.3 Å². The summed E-state index contributed by atoms with van der Waals surface area (Å²) in [6.45, 7) is 5.65. The van der Waals surface area contributed by atoms with E-state index in [1.54, 1.807) is 18.5 Å². The van der Waals surface area contributed by atoms with Crippen molar-refractivity contribution in [3.05, 3.63) is 28.0 Å². The average molecular weight is 321 g/mol. The van der Waals surface area contributed by atoms with Gasteiger partial charge < -0.3 is 11.1 Å². The largest absolute Gasteiger partial charge is 0.375 e. The number of Topliss-reactive ketones (excluding diaryl/α,β-unsaturated/α-hetero) is 1. The van der Waals surface area contributed by atoms with Gasteiger partial charge in [0.05, 0.1) is 17.0 Å². The Morgan fingerprint density at radius 1 is 1.41 bits per heavy atom. The van der Waals surface area contributed by atoms with Crippen LogP contribution < -0.4 is 11.1 Å². The molecule has 0 fully saturated rings. The third kappa shape index (κ3) is 3.70. The minimum absolute atomic E-state index is 0.0391. The molecule has 1 amide bonds. The molecular formula is C14H19N5O2S. The number of nitrogens with one attached hydrogen (secondary N) is 1. The molecule has 0 saturated carbocycles. The van der Waals surface area contributed by atoms with Crippen LogP contribution in [0.25, 0.3) is 0 Å². The molecule has 7 nitrogen and oxygen atoms in total. The molecule has 0 aromatic carbocycles. The first-order chi connectivity index (χ1) is 10.4. The monoisotopic (exact) mass is 321 g/mol. The van der Waals surface area contributed by atoms with E-state index in [0.717, 1.165) is 5.69 Å². The van der Waals surface area contributed by atoms with E-state index < -0.39 is 0 Å². The summed E-state index contributed by atoms with van der Waals surface area (Å²) < 4.78 is 1.56. The highest BCUT2D eigenvalue weighted by atomic mass is 32.1. The maximum absolute atomic E-state index is 12.0. The van der Waals surface area contributed by atoms with Crippen molar-refractivity contribution < 1.29 is 9.59 Å². The second-order valence-electron chi connectivity index (χ2n) is 5.04. The van der Waals surface area contributed by atoms with Gasteiger partial charge >= 0.3 is 0 Å². The molecule has 2 rings (SSSR count). The van der Waals surface area contributed by atoms with E-state index >= 15 is 0 Å². The maximum atomic E-state index is 12.0. The molecule has 0 bridgehead atoms. The number of nitrogen functional groups attached to an aromatic ring is 1. The van der Waals surface area contributed by atoms with Crippen molar-refractivity contribution in [3.8, 4) is 0 Å². The number of nitrogens with zero attached hydrogens (tertiary/aromatic N) is 3. The number of aromatic nitrogens is 3. The summed E-state index contributed by atoms with van der Waals surface area (Å²) in [4.78, 5) is 27.6. The molecule has 22 heavy (non-hydrogen) atoms. The zero-order chi connectivity index (χ0) is 16.3. The lowest BCUT2D eigenvalue weighted by molar-refractivity contribution is -0.121. The third-order valence-electron chi connectivity index (χ3n) is 3.30. The fraction of sp³-hybridized carbons (Fsp3) is 0.429. The SMILES string of the molecule is CC(=O)c1c(C)nn(CC(=O)NCCc2csc(N)n2)c1C. The molecule has 2 heterocycles. The lowest BCUT2D eigenvalue weighted by Gasteiger charge is -2.06. The van der Waals surface area contributed by atoms with E-state index in [9.17, 15) is 9.59 Å². The van der Waals surface area contributed by atoms with Crippen LogP contribution in [0.15, 0.2) is 5.38 Å². The van der Waals surface area contributed by atoms with Gasteiger partial charge in [-0.15, -0.1) is 11.3 Å². The van der Waals surface area contributed by atoms with Crippen molar-refractivity contribution >= 4 is 28.2 Å². The highest BCUT2D eigenvalue weighted by Gasteiger charge is 2.16. The van der Waals surface area contributed by atoms with Gasteiger partial charge in [0.25, 0.3) is 0 Å². The fourth-order valence-corrected chi connectivity index (χ4v) is 2.92. The molecule has 0 aliphatic carbocycles. The van der Waals surface area contributed by atoms with Crippen molar-refractivity contribution in [2.24, 2.45) is 0 Å². The van der Waals surface area contributed by atoms with Crippen molar-refractivity contribution in [2.45, 2.75) is 33.7 Å². The number of rotatable bonds is 6. The summed E-state index contributed by atoms with van der Waals surface area (Å²) in [6.07, 6.45) is 0.634. The number of anilines is 1. The van der Waals surface area contributed by atoms with E-state index in [1.165, 1.54) is 18.3 Å². The Hall–Kier alpha value is -2.22. The molecule has 3 N–H and O–H groups in total. The van der Waals surface area contributed by atoms with Gasteiger partial charge in [-0.1, -0.05) is 0 Å². The van der Waals surface area contributed by atoms with Crippen LogP contribution in [0.4, 0.5) is 5.13 Å². The summed E-state index contributed by atoms with van der Waals surface area (Å²) >= 11 is 1.38. The minimum atomic E-state index is -0.149. The molecule has 0 unspecified atom stereocenters. The molecule has 0 spiro atoms. The Labute approximate surface area is 132 Å². The quantitative estimate of drug-likeness (QED) is 0.776. The van der Waals surface area contributed by atoms with Crippen LogP contribution in [0.5, 0.6) is 0 Å². The van der Waals surface area contributed by atoms with E-state index in [2.05, 4.69) is 15.4 Å². The fourth-order valence-electron chi connectivity index (χ4n) is 2.32. The van der Waals surface area contributed by atoms with E-state index in [4.69, 9.17) is 5.73 Å². The predicted octanol–water partition coefficient (Wildman–Crippen LogP) is 1.10. The summed E-state index contributed by atoms with van der Waals surface area (Å²) in [7, 11) is 0. The van der Waals surface area contributed by atoms with Crippen molar-refractivity contribution in [1.29, 1.82) is 0 Å². The number of amides is 1. The van der Waals surface area contributed by atoms with Crippen molar-refractivity contribution in [1.82, 2.24) is 20.1 Å². The van der Waals surface area contributed by atoms with Crippen molar-refractivity contribution in [3.63, 3.8) is 0 Å². The molecule has 0 radical (unpaired) electrons. The van der Waals surface area contributed by atoms with Gasteiger partial charge in [0, 0.05) is 24.0 Å². The molecular weight excluding hydrogens is 302 g/mol. The Bertz CT molecular complexity index is 704. The molecule has 2 aromatic rings. The second-order valence-corrected chi connectivity index (χ2v) is 5.93. The second kappa shape index (κ2) is 6.69. The Balaban J connectivity index is 1.89. The van der Waals surface area contributed by atoms with Gasteiger partial charge in [-0.3, -0.25) is 14.3 Å². The van der Waals surface area contributed by atoms with Gasteiger partial charge in [-0.2, -0.15) is 5.10 Å². The highest BCUT2D eigenvalue weighted by molar-refractivity contribution is 7.13. The third-order valence-corrected chi connectivity index (χ3v) is 4.02. The van der Waals surface area contributed by atoms with Gasteiger partial charge in [-0.25, -0.2) is 4.98 Å². The molecule has 0 aliphatic heterocycles. The number of aryl methyl sites for hydroxylation is 1. The lowest BCUT2D eigenvalue weighted by atomic mass is 10.1. The zero-order valence-corrected chi connectivity index (χ0v) is 13.7. The predicted molar refractivity (Wildman–Crippen MR) is 84.9 cm³/mol. The normalized spacial score (nSPS) is 10.7. The first-order valence-corrected chi connectivity index (χ1v) is 7.78. The van der Waals surface area contributed by atoms with Gasteiger partial charge in [0.2, 0.25) is 5.91 Å². The number of carbonyl (C=O) groups is 2. The van der Waals surface area contributed by atoms with Gasteiger partial charge in [0.1, 0.15) is 6.54 Å². The van der Waals surface area contributed by atoms with Crippen LogP contribution in [0.3, 0.4) is 0 Å². The standard InChI is InChI=1S/C14H19N5O2S/c1-8-13(10(3)20)9(2)19(18-8)6-12(21)16-5-4-11-7-22-14(15)17-11/h7H,4-6H2,1-3H3,(H2,15,17)(H,16,21). The van der Waals surface area contributed by atoms with Crippen LogP contribution in [0.1, 0.15) is 34.4 Å². The summed E-state index contributed by atoms with van der Waals surface area (Å²) in [5.74, 6) is -0.188. The van der Waals surface area contributed by atoms with E-state index in [0.29, 0.717) is 35.0 Å². The summed E-state index contributed by atoms with van der Waals surface area (Å²) in [6, 6.07) is 0. The number of hydrogen-bond acceptors (Lipinski definition) is 6. The van der Waals surface area contributed by atoms with Crippen LogP contribution in [0.2, 0.25) is 0 Å². The van der Waals surface area contributed by atoms with Gasteiger partial charge in [-0.05, 0) is 20.8 Å². The van der Waals surface area contributed by atoms with Crippen LogP contribution in [-0.2, 0) is 17.8 Å². The Morgan fingerprint density at radius 2 is 2.14 bits per heavy atom. The number of hydrogen-bond donors (Lipinski definition) is 2. The number of carbonyl (C=O) groups excluding carboxylic acids is 2. The van der Waals surface area contributed by atoms with E-state index in [-0.39, 0.29) is 18.2 Å². The maximum Gasteiger partial charge on any atom is 0.241 e.